The number of esters is 1. The topological polar surface area (TPSA) is 63.7 Å². The second kappa shape index (κ2) is 6.31. The van der Waals surface area contributed by atoms with Gasteiger partial charge in [0.1, 0.15) is 0 Å². The molecule has 1 atom stereocenters. The number of fused-ring (bicyclic) bond motifs is 1. The highest BCUT2D eigenvalue weighted by Crippen LogP contribution is 2.50. The second-order valence-electron chi connectivity index (χ2n) is 7.95. The summed E-state index contributed by atoms with van der Waals surface area (Å²) in [4.78, 5) is 13.0. The van der Waals surface area contributed by atoms with Crippen LogP contribution in [0.5, 0.6) is 0 Å². The Bertz CT molecular complexity index is 972. The lowest BCUT2D eigenvalue weighted by Crippen LogP contribution is -2.41. The van der Waals surface area contributed by atoms with Gasteiger partial charge in [0.15, 0.2) is 0 Å². The summed E-state index contributed by atoms with van der Waals surface area (Å²) >= 11 is 0. The van der Waals surface area contributed by atoms with Gasteiger partial charge in [0.05, 0.1) is 16.9 Å². The summed E-state index contributed by atoms with van der Waals surface area (Å²) < 4.78 is 33.2. The molecule has 3 aliphatic rings. The molecule has 0 saturated carbocycles. The third kappa shape index (κ3) is 2.77. The molecule has 6 heteroatoms. The SMILES string of the molecule is CC1=C2CN(S(=O)(=O)c3ccc(C)cc3)CC2=C(C)[C@]2(CCCOC2=O)C1. The smallest absolute Gasteiger partial charge is 0.316 e. The molecular formula is C21H25NO4S. The third-order valence-corrected chi connectivity index (χ3v) is 8.12. The van der Waals surface area contributed by atoms with E-state index in [0.29, 0.717) is 31.0 Å². The van der Waals surface area contributed by atoms with E-state index in [0.717, 1.165) is 40.7 Å². The fourth-order valence-electron chi connectivity index (χ4n) is 4.63. The van der Waals surface area contributed by atoms with Crippen LogP contribution in [-0.4, -0.2) is 38.4 Å². The molecular weight excluding hydrogens is 362 g/mol. The zero-order chi connectivity index (χ0) is 19.4. The van der Waals surface area contributed by atoms with Crippen molar-refractivity contribution in [1.29, 1.82) is 0 Å². The van der Waals surface area contributed by atoms with E-state index in [1.165, 1.54) is 4.31 Å². The molecule has 2 heterocycles. The number of nitrogens with zero attached hydrogens (tertiary/aromatic N) is 1. The van der Waals surface area contributed by atoms with Crippen molar-refractivity contribution in [2.75, 3.05) is 19.7 Å². The van der Waals surface area contributed by atoms with Crippen LogP contribution in [0.3, 0.4) is 0 Å². The van der Waals surface area contributed by atoms with E-state index in [4.69, 9.17) is 4.74 Å². The summed E-state index contributed by atoms with van der Waals surface area (Å²) in [6.07, 6.45) is 2.26. The van der Waals surface area contributed by atoms with E-state index in [1.54, 1.807) is 12.1 Å². The zero-order valence-corrected chi connectivity index (χ0v) is 16.9. The van der Waals surface area contributed by atoms with Crippen molar-refractivity contribution in [3.8, 4) is 0 Å². The molecule has 4 rings (SSSR count). The lowest BCUT2D eigenvalue weighted by atomic mass is 9.66. The molecule has 0 aromatic heterocycles. The van der Waals surface area contributed by atoms with Crippen LogP contribution in [0.15, 0.2) is 51.5 Å². The highest BCUT2D eigenvalue weighted by molar-refractivity contribution is 7.89. The van der Waals surface area contributed by atoms with Crippen LogP contribution in [-0.2, 0) is 19.6 Å². The first-order chi connectivity index (χ1) is 12.8. The average Bonchev–Trinajstić information content (AvgIpc) is 3.09. The predicted octanol–water partition coefficient (Wildman–Crippen LogP) is 3.36. The van der Waals surface area contributed by atoms with E-state index in [2.05, 4.69) is 0 Å². The van der Waals surface area contributed by atoms with E-state index in [-0.39, 0.29) is 5.97 Å². The Morgan fingerprint density at radius 2 is 1.70 bits per heavy atom. The predicted molar refractivity (Wildman–Crippen MR) is 103 cm³/mol. The van der Waals surface area contributed by atoms with Crippen LogP contribution in [0.1, 0.15) is 38.7 Å². The van der Waals surface area contributed by atoms with Gasteiger partial charge >= 0.3 is 5.97 Å². The van der Waals surface area contributed by atoms with Gasteiger partial charge in [-0.15, -0.1) is 0 Å². The number of hydrogen-bond acceptors (Lipinski definition) is 4. The van der Waals surface area contributed by atoms with Gasteiger partial charge in [-0.05, 0) is 63.3 Å². The minimum absolute atomic E-state index is 0.156. The van der Waals surface area contributed by atoms with Crippen LogP contribution < -0.4 is 0 Å². The molecule has 2 saturated heterocycles. The number of hydrogen-bond donors (Lipinski definition) is 0. The van der Waals surface area contributed by atoms with E-state index in [9.17, 15) is 13.2 Å². The maximum absolute atomic E-state index is 13.1. The Morgan fingerprint density at radius 3 is 2.37 bits per heavy atom. The molecule has 1 aromatic rings. The Morgan fingerprint density at radius 1 is 1.04 bits per heavy atom. The van der Waals surface area contributed by atoms with Gasteiger partial charge in [0.2, 0.25) is 10.0 Å². The number of sulfonamides is 1. The molecule has 1 spiro atoms. The summed E-state index contributed by atoms with van der Waals surface area (Å²) in [6, 6.07) is 6.96. The monoisotopic (exact) mass is 387 g/mol. The normalized spacial score (nSPS) is 26.6. The largest absolute Gasteiger partial charge is 0.465 e. The first kappa shape index (κ1) is 18.4. The zero-order valence-electron chi connectivity index (χ0n) is 16.0. The molecule has 5 nitrogen and oxygen atoms in total. The minimum atomic E-state index is -3.57. The Balaban J connectivity index is 1.73. The lowest BCUT2D eigenvalue weighted by Gasteiger charge is -2.40. The number of cyclic esters (lactones) is 1. The molecule has 2 aliphatic heterocycles. The molecule has 0 bridgehead atoms. The van der Waals surface area contributed by atoms with Crippen LogP contribution in [0.4, 0.5) is 0 Å². The van der Waals surface area contributed by atoms with Crippen molar-refractivity contribution >= 4 is 16.0 Å². The van der Waals surface area contributed by atoms with Crippen LogP contribution in [0, 0.1) is 12.3 Å². The van der Waals surface area contributed by atoms with Crippen molar-refractivity contribution in [1.82, 2.24) is 4.31 Å². The van der Waals surface area contributed by atoms with Crippen molar-refractivity contribution in [3.05, 3.63) is 52.1 Å². The molecule has 1 aliphatic carbocycles. The van der Waals surface area contributed by atoms with Crippen molar-refractivity contribution in [2.45, 2.75) is 44.9 Å². The minimum Gasteiger partial charge on any atom is -0.465 e. The summed E-state index contributed by atoms with van der Waals surface area (Å²) in [6.45, 7) is 7.12. The average molecular weight is 388 g/mol. The van der Waals surface area contributed by atoms with Crippen molar-refractivity contribution in [2.24, 2.45) is 5.41 Å². The van der Waals surface area contributed by atoms with Crippen LogP contribution >= 0.6 is 0 Å². The van der Waals surface area contributed by atoms with Crippen molar-refractivity contribution < 1.29 is 17.9 Å². The molecule has 27 heavy (non-hydrogen) atoms. The maximum atomic E-state index is 13.1. The Hall–Kier alpha value is -1.92. The first-order valence-electron chi connectivity index (χ1n) is 9.39. The van der Waals surface area contributed by atoms with Crippen LogP contribution in [0.25, 0.3) is 0 Å². The lowest BCUT2D eigenvalue weighted by molar-refractivity contribution is -0.159. The molecule has 0 radical (unpaired) electrons. The molecule has 1 aromatic carbocycles. The van der Waals surface area contributed by atoms with Gasteiger partial charge in [-0.1, -0.05) is 28.8 Å². The number of carbonyl (C=O) groups excluding carboxylic acids is 1. The fraction of sp³-hybridized carbons (Fsp3) is 0.476. The van der Waals surface area contributed by atoms with E-state index < -0.39 is 15.4 Å². The number of carbonyl (C=O) groups is 1. The number of benzene rings is 1. The first-order valence-corrected chi connectivity index (χ1v) is 10.8. The Kier molecular flexibility index (Phi) is 4.31. The second-order valence-corrected chi connectivity index (χ2v) is 9.88. The van der Waals surface area contributed by atoms with Gasteiger partial charge in [0.25, 0.3) is 0 Å². The number of rotatable bonds is 2. The quantitative estimate of drug-likeness (QED) is 0.730. The summed E-state index contributed by atoms with van der Waals surface area (Å²) in [5, 5.41) is 0. The fourth-order valence-corrected chi connectivity index (χ4v) is 6.00. The van der Waals surface area contributed by atoms with E-state index >= 15 is 0 Å². The van der Waals surface area contributed by atoms with Crippen molar-refractivity contribution in [3.63, 3.8) is 0 Å². The van der Waals surface area contributed by atoms with Gasteiger partial charge in [0, 0.05) is 13.1 Å². The van der Waals surface area contributed by atoms with E-state index in [1.807, 2.05) is 32.9 Å². The van der Waals surface area contributed by atoms with Gasteiger partial charge in [-0.3, -0.25) is 4.79 Å². The third-order valence-electron chi connectivity index (χ3n) is 6.32. The molecule has 0 amide bonds. The van der Waals surface area contributed by atoms with Gasteiger partial charge in [-0.25, -0.2) is 8.42 Å². The standard InChI is InChI=1S/C21H25NO4S/c1-14-5-7-17(8-6-14)27(24,25)22-12-18-15(2)11-21(16(3)19(18)13-22)9-4-10-26-20(21)23/h5-8H,4,9-13H2,1-3H3/t21-/m0/s1. The number of aryl methyl sites for hydroxylation is 1. The molecule has 144 valence electrons. The highest BCUT2D eigenvalue weighted by Gasteiger charge is 2.49. The summed E-state index contributed by atoms with van der Waals surface area (Å²) in [5.74, 6) is -0.156. The molecule has 0 unspecified atom stereocenters. The van der Waals surface area contributed by atoms with Gasteiger partial charge in [-0.2, -0.15) is 4.31 Å². The molecule has 2 fully saturated rings. The molecule has 0 N–H and O–H groups in total. The maximum Gasteiger partial charge on any atom is 0.316 e. The summed E-state index contributed by atoms with van der Waals surface area (Å²) in [7, 11) is -3.57. The number of allylic oxidation sites excluding steroid dienone is 1. The van der Waals surface area contributed by atoms with Gasteiger partial charge < -0.3 is 4.74 Å². The Labute approximate surface area is 160 Å². The van der Waals surface area contributed by atoms with Crippen LogP contribution in [0.2, 0.25) is 0 Å². The highest BCUT2D eigenvalue weighted by atomic mass is 32.2. The number of ether oxygens (including phenoxy) is 1. The summed E-state index contributed by atoms with van der Waals surface area (Å²) in [5.41, 5.74) is 4.61.